The summed E-state index contributed by atoms with van der Waals surface area (Å²) in [6.45, 7) is 5.13. The molecule has 0 radical (unpaired) electrons. The molecule has 9 heteroatoms. The van der Waals surface area contributed by atoms with Crippen molar-refractivity contribution in [3.63, 3.8) is 0 Å². The first-order valence-corrected chi connectivity index (χ1v) is 8.76. The fraction of sp³-hybridized carbons (Fsp3) is 0.444. The third-order valence-corrected chi connectivity index (χ3v) is 3.96. The Labute approximate surface area is 157 Å². The lowest BCUT2D eigenvalue weighted by Crippen LogP contribution is -2.50. The zero-order valence-electron chi connectivity index (χ0n) is 15.4. The van der Waals surface area contributed by atoms with Gasteiger partial charge in [-0.3, -0.25) is 9.59 Å². The summed E-state index contributed by atoms with van der Waals surface area (Å²) in [5, 5.41) is 2.41. The van der Waals surface area contributed by atoms with Gasteiger partial charge in [-0.1, -0.05) is 12.1 Å². The lowest BCUT2D eigenvalue weighted by atomic mass is 10.1. The number of ether oxygens (including phenoxy) is 2. The number of nitrogens with one attached hydrogen (secondary N) is 1. The van der Waals surface area contributed by atoms with Gasteiger partial charge in [0, 0.05) is 26.2 Å². The van der Waals surface area contributed by atoms with Crippen molar-refractivity contribution in [1.29, 1.82) is 0 Å². The van der Waals surface area contributed by atoms with Crippen LogP contribution in [0.5, 0.6) is 0 Å². The summed E-state index contributed by atoms with van der Waals surface area (Å²) in [5.74, 6) is -2.25. The first-order chi connectivity index (χ1) is 13.0. The van der Waals surface area contributed by atoms with Gasteiger partial charge in [0.15, 0.2) is 0 Å². The lowest BCUT2D eigenvalue weighted by Gasteiger charge is -2.34. The number of hydrogen-bond acceptors (Lipinski definition) is 6. The summed E-state index contributed by atoms with van der Waals surface area (Å²) in [6.07, 6.45) is -0.397. The molecule has 0 unspecified atom stereocenters. The van der Waals surface area contributed by atoms with Crippen molar-refractivity contribution in [1.82, 2.24) is 9.80 Å². The van der Waals surface area contributed by atoms with Crippen molar-refractivity contribution in [3.8, 4) is 0 Å². The van der Waals surface area contributed by atoms with Gasteiger partial charge < -0.3 is 24.6 Å². The molecular weight excluding hydrogens is 354 g/mol. The van der Waals surface area contributed by atoms with Crippen molar-refractivity contribution in [2.75, 3.05) is 44.7 Å². The van der Waals surface area contributed by atoms with Crippen LogP contribution in [0.4, 0.5) is 10.5 Å². The highest BCUT2D eigenvalue weighted by Crippen LogP contribution is 2.18. The number of carbonyl (C=O) groups excluding carboxylic acids is 4. The largest absolute Gasteiger partial charge is 0.459 e. The predicted octanol–water partition coefficient (Wildman–Crippen LogP) is 1.10. The number of hydrogen-bond donors (Lipinski definition) is 1. The van der Waals surface area contributed by atoms with Crippen molar-refractivity contribution in [3.05, 3.63) is 29.8 Å². The summed E-state index contributed by atoms with van der Waals surface area (Å²) in [6, 6.07) is 6.43. The maximum Gasteiger partial charge on any atom is 0.409 e. The van der Waals surface area contributed by atoms with E-state index in [1.165, 1.54) is 0 Å². The summed E-state index contributed by atoms with van der Waals surface area (Å²) in [5.41, 5.74) is 0.494. The van der Waals surface area contributed by atoms with E-state index in [1.807, 2.05) is 0 Å². The van der Waals surface area contributed by atoms with Crippen LogP contribution in [0, 0.1) is 0 Å². The molecule has 0 aromatic heterocycles. The Bertz CT molecular complexity index is 713. The number of nitrogens with zero attached hydrogens (tertiary/aromatic N) is 2. The van der Waals surface area contributed by atoms with E-state index in [0.29, 0.717) is 32.8 Å². The molecule has 3 amide bonds. The van der Waals surface area contributed by atoms with Crippen LogP contribution in [0.1, 0.15) is 24.2 Å². The van der Waals surface area contributed by atoms with Gasteiger partial charge in [-0.05, 0) is 26.0 Å². The molecule has 9 nitrogen and oxygen atoms in total. The van der Waals surface area contributed by atoms with Crippen LogP contribution < -0.4 is 5.32 Å². The molecule has 1 aliphatic heterocycles. The quantitative estimate of drug-likeness (QED) is 0.622. The lowest BCUT2D eigenvalue weighted by molar-refractivity contribution is -0.152. The molecule has 1 fully saturated rings. The van der Waals surface area contributed by atoms with E-state index in [2.05, 4.69) is 10.1 Å². The second kappa shape index (κ2) is 9.56. The summed E-state index contributed by atoms with van der Waals surface area (Å²) in [7, 11) is 0. The molecule has 1 saturated heterocycles. The molecule has 0 saturated carbocycles. The molecule has 0 atom stereocenters. The van der Waals surface area contributed by atoms with Gasteiger partial charge >= 0.3 is 18.0 Å². The minimum Gasteiger partial charge on any atom is -0.459 e. The Morgan fingerprint density at radius 3 is 2.15 bits per heavy atom. The molecule has 1 N–H and O–H groups in total. The van der Waals surface area contributed by atoms with Crippen LogP contribution in [0.2, 0.25) is 0 Å². The van der Waals surface area contributed by atoms with Gasteiger partial charge in [0.05, 0.1) is 24.5 Å². The Balaban J connectivity index is 2.04. The minimum atomic E-state index is -1.01. The van der Waals surface area contributed by atoms with Crippen LogP contribution in [-0.2, 0) is 19.1 Å². The van der Waals surface area contributed by atoms with Crippen molar-refractivity contribution < 1.29 is 28.7 Å². The Morgan fingerprint density at radius 2 is 1.52 bits per heavy atom. The van der Waals surface area contributed by atoms with E-state index >= 15 is 0 Å². The van der Waals surface area contributed by atoms with Gasteiger partial charge in [-0.25, -0.2) is 9.59 Å². The zero-order chi connectivity index (χ0) is 19.8. The third-order valence-electron chi connectivity index (χ3n) is 3.96. The van der Waals surface area contributed by atoms with E-state index < -0.39 is 18.0 Å². The van der Waals surface area contributed by atoms with Gasteiger partial charge in [0.25, 0.3) is 5.91 Å². The third kappa shape index (κ3) is 5.19. The molecule has 1 heterocycles. The smallest absolute Gasteiger partial charge is 0.409 e. The molecule has 1 aliphatic rings. The van der Waals surface area contributed by atoms with E-state index in [0.717, 1.165) is 0 Å². The highest BCUT2D eigenvalue weighted by molar-refractivity contribution is 6.37. The molecule has 0 aliphatic carbocycles. The summed E-state index contributed by atoms with van der Waals surface area (Å²) < 4.78 is 9.61. The standard InChI is InChI=1S/C18H23N3O6/c1-3-26-17(24)15(22)19-14-8-6-5-7-13(14)16(23)20-9-11-21(12-10-20)18(25)27-4-2/h5-8H,3-4,9-12H2,1-2H3,(H,19,22). The van der Waals surface area contributed by atoms with Crippen LogP contribution in [0.15, 0.2) is 24.3 Å². The number of benzene rings is 1. The fourth-order valence-corrected chi connectivity index (χ4v) is 2.63. The molecule has 0 bridgehead atoms. The highest BCUT2D eigenvalue weighted by atomic mass is 16.6. The van der Waals surface area contributed by atoms with Crippen LogP contribution in [-0.4, -0.2) is 73.1 Å². The topological polar surface area (TPSA) is 105 Å². The first kappa shape index (κ1) is 20.2. The molecule has 146 valence electrons. The predicted molar refractivity (Wildman–Crippen MR) is 96.2 cm³/mol. The van der Waals surface area contributed by atoms with Crippen LogP contribution in [0.25, 0.3) is 0 Å². The Morgan fingerprint density at radius 1 is 0.926 bits per heavy atom. The highest BCUT2D eigenvalue weighted by Gasteiger charge is 2.27. The fourth-order valence-electron chi connectivity index (χ4n) is 2.63. The Kier molecular flexibility index (Phi) is 7.16. The van der Waals surface area contributed by atoms with E-state index in [9.17, 15) is 19.2 Å². The van der Waals surface area contributed by atoms with Crippen molar-refractivity contribution in [2.45, 2.75) is 13.8 Å². The molecule has 1 aromatic carbocycles. The average molecular weight is 377 g/mol. The van der Waals surface area contributed by atoms with E-state index in [4.69, 9.17) is 4.74 Å². The van der Waals surface area contributed by atoms with Gasteiger partial charge in [0.2, 0.25) is 0 Å². The summed E-state index contributed by atoms with van der Waals surface area (Å²) >= 11 is 0. The maximum absolute atomic E-state index is 12.8. The molecule has 0 spiro atoms. The number of carbonyl (C=O) groups is 4. The molecule has 2 rings (SSSR count). The van der Waals surface area contributed by atoms with Crippen LogP contribution >= 0.6 is 0 Å². The van der Waals surface area contributed by atoms with Gasteiger partial charge in [-0.15, -0.1) is 0 Å². The normalized spacial score (nSPS) is 13.7. The maximum atomic E-state index is 12.8. The van der Waals surface area contributed by atoms with Crippen LogP contribution in [0.3, 0.4) is 0 Å². The minimum absolute atomic E-state index is 0.0809. The second-order valence-electron chi connectivity index (χ2n) is 5.70. The number of rotatable bonds is 4. The van der Waals surface area contributed by atoms with Gasteiger partial charge in [0.1, 0.15) is 0 Å². The molecular formula is C18H23N3O6. The number of amides is 3. The van der Waals surface area contributed by atoms with Gasteiger partial charge in [-0.2, -0.15) is 0 Å². The molecule has 1 aromatic rings. The van der Waals surface area contributed by atoms with E-state index in [1.54, 1.807) is 47.9 Å². The first-order valence-electron chi connectivity index (χ1n) is 8.76. The SMILES string of the molecule is CCOC(=O)C(=O)Nc1ccccc1C(=O)N1CCN(C(=O)OCC)CC1. The number of anilines is 1. The summed E-state index contributed by atoms with van der Waals surface area (Å²) in [4.78, 5) is 51.1. The van der Waals surface area contributed by atoms with Crippen molar-refractivity contribution in [2.24, 2.45) is 0 Å². The average Bonchev–Trinajstić information content (AvgIpc) is 2.68. The van der Waals surface area contributed by atoms with E-state index in [-0.39, 0.29) is 23.8 Å². The zero-order valence-corrected chi connectivity index (χ0v) is 15.4. The van der Waals surface area contributed by atoms with Crippen molar-refractivity contribution >= 4 is 29.6 Å². The number of piperazine rings is 1. The number of para-hydroxylation sites is 1. The Hall–Kier alpha value is -3.10. The monoisotopic (exact) mass is 377 g/mol. The number of esters is 1. The second-order valence-corrected chi connectivity index (χ2v) is 5.70. The molecule has 27 heavy (non-hydrogen) atoms.